The summed E-state index contributed by atoms with van der Waals surface area (Å²) in [4.78, 5) is 27.2. The number of rotatable bonds is 7. The van der Waals surface area contributed by atoms with Crippen LogP contribution in [0.25, 0.3) is 10.9 Å². The van der Waals surface area contributed by atoms with E-state index in [0.29, 0.717) is 16.3 Å². The number of nitro benzene ring substituents is 1. The van der Waals surface area contributed by atoms with E-state index in [9.17, 15) is 20.0 Å². The molecule has 0 saturated carbocycles. The SMILES string of the molecule is Cc1cc(OCC(O)Cn2cnc3ccc([N+](=O)[O-])cc3c2=O)c(C(C)C)cc1Cl. The zero-order chi connectivity index (χ0) is 22.0. The highest BCUT2D eigenvalue weighted by atomic mass is 35.5. The molecule has 2 aromatic carbocycles. The van der Waals surface area contributed by atoms with Crippen LogP contribution in [0.1, 0.15) is 30.9 Å². The lowest BCUT2D eigenvalue weighted by Gasteiger charge is -2.18. The minimum Gasteiger partial charge on any atom is -0.491 e. The van der Waals surface area contributed by atoms with Gasteiger partial charge < -0.3 is 9.84 Å². The lowest BCUT2D eigenvalue weighted by Crippen LogP contribution is -2.30. The predicted molar refractivity (Wildman–Crippen MR) is 114 cm³/mol. The minimum absolute atomic E-state index is 0.0415. The molecule has 1 heterocycles. The van der Waals surface area contributed by atoms with Gasteiger partial charge in [0, 0.05) is 17.2 Å². The normalized spacial score (nSPS) is 12.3. The molecule has 8 nitrogen and oxygen atoms in total. The van der Waals surface area contributed by atoms with Gasteiger partial charge in [0.05, 0.1) is 28.7 Å². The largest absolute Gasteiger partial charge is 0.491 e. The van der Waals surface area contributed by atoms with Crippen LogP contribution in [0.4, 0.5) is 5.69 Å². The summed E-state index contributed by atoms with van der Waals surface area (Å²) in [5.41, 5.74) is 1.48. The summed E-state index contributed by atoms with van der Waals surface area (Å²) in [6.07, 6.45) is 0.322. The third-order valence-corrected chi connectivity index (χ3v) is 5.18. The van der Waals surface area contributed by atoms with Crippen molar-refractivity contribution in [3.05, 3.63) is 73.3 Å². The van der Waals surface area contributed by atoms with Crippen molar-refractivity contribution >= 4 is 28.2 Å². The quantitative estimate of drug-likeness (QED) is 0.450. The third-order valence-electron chi connectivity index (χ3n) is 4.77. The third kappa shape index (κ3) is 4.60. The zero-order valence-corrected chi connectivity index (χ0v) is 17.6. The average molecular weight is 432 g/mol. The predicted octanol–water partition coefficient (Wildman–Crippen LogP) is 3.83. The molecule has 0 spiro atoms. The minimum atomic E-state index is -0.989. The fourth-order valence-corrected chi connectivity index (χ4v) is 3.27. The van der Waals surface area contributed by atoms with Crippen molar-refractivity contribution in [3.63, 3.8) is 0 Å². The standard InChI is InChI=1S/C21H22ClN3O5/c1-12(2)16-8-18(22)13(3)6-20(16)30-10-15(26)9-24-11-23-19-5-4-14(25(28)29)7-17(19)21(24)27/h4-8,11-12,15,26H,9-10H2,1-3H3. The first-order valence-corrected chi connectivity index (χ1v) is 9.79. The second-order valence-corrected chi connectivity index (χ2v) is 7.83. The molecule has 0 aliphatic rings. The van der Waals surface area contributed by atoms with Crippen LogP contribution in [0.5, 0.6) is 5.75 Å². The number of aryl methyl sites for hydroxylation is 1. The Morgan fingerprint density at radius 2 is 2.03 bits per heavy atom. The van der Waals surface area contributed by atoms with Gasteiger partial charge in [-0.15, -0.1) is 0 Å². The van der Waals surface area contributed by atoms with Gasteiger partial charge in [0.2, 0.25) is 0 Å². The van der Waals surface area contributed by atoms with E-state index >= 15 is 0 Å². The molecule has 0 aliphatic heterocycles. The molecular formula is C21H22ClN3O5. The Labute approximate surface area is 177 Å². The second kappa shape index (κ2) is 8.81. The van der Waals surface area contributed by atoms with Crippen molar-refractivity contribution in [2.45, 2.75) is 39.3 Å². The van der Waals surface area contributed by atoms with Crippen LogP contribution in [0.2, 0.25) is 5.02 Å². The lowest BCUT2D eigenvalue weighted by molar-refractivity contribution is -0.384. The van der Waals surface area contributed by atoms with Gasteiger partial charge in [-0.2, -0.15) is 0 Å². The molecule has 1 unspecified atom stereocenters. The molecule has 1 N–H and O–H groups in total. The van der Waals surface area contributed by atoms with Gasteiger partial charge in [-0.05, 0) is 42.2 Å². The number of non-ortho nitro benzene ring substituents is 1. The van der Waals surface area contributed by atoms with Crippen molar-refractivity contribution in [1.82, 2.24) is 9.55 Å². The number of aliphatic hydroxyl groups excluding tert-OH is 1. The van der Waals surface area contributed by atoms with Gasteiger partial charge in [0.15, 0.2) is 0 Å². The molecule has 1 aromatic heterocycles. The van der Waals surface area contributed by atoms with E-state index in [-0.39, 0.29) is 30.1 Å². The molecule has 0 fully saturated rings. The first-order chi connectivity index (χ1) is 14.2. The molecule has 30 heavy (non-hydrogen) atoms. The molecule has 0 saturated heterocycles. The summed E-state index contributed by atoms with van der Waals surface area (Å²) in [7, 11) is 0. The second-order valence-electron chi connectivity index (χ2n) is 7.42. The van der Waals surface area contributed by atoms with Crippen molar-refractivity contribution in [3.8, 4) is 5.75 Å². The van der Waals surface area contributed by atoms with Gasteiger partial charge in [-0.1, -0.05) is 25.4 Å². The number of fused-ring (bicyclic) bond motifs is 1. The molecule has 3 rings (SSSR count). The summed E-state index contributed by atoms with van der Waals surface area (Å²) >= 11 is 6.20. The number of nitrogens with zero attached hydrogens (tertiary/aromatic N) is 3. The summed E-state index contributed by atoms with van der Waals surface area (Å²) in [5.74, 6) is 0.809. The fraction of sp³-hybridized carbons (Fsp3) is 0.333. The first-order valence-electron chi connectivity index (χ1n) is 9.42. The van der Waals surface area contributed by atoms with E-state index in [1.165, 1.54) is 29.1 Å². The van der Waals surface area contributed by atoms with E-state index in [1.807, 2.05) is 32.9 Å². The highest BCUT2D eigenvalue weighted by Gasteiger charge is 2.16. The van der Waals surface area contributed by atoms with E-state index in [0.717, 1.165) is 11.1 Å². The summed E-state index contributed by atoms with van der Waals surface area (Å²) < 4.78 is 7.03. The first kappa shape index (κ1) is 21.7. The van der Waals surface area contributed by atoms with Crippen molar-refractivity contribution in [2.75, 3.05) is 6.61 Å². The van der Waals surface area contributed by atoms with E-state index in [4.69, 9.17) is 16.3 Å². The Kier molecular flexibility index (Phi) is 6.38. The van der Waals surface area contributed by atoms with Gasteiger partial charge in [-0.3, -0.25) is 19.5 Å². The summed E-state index contributed by atoms with van der Waals surface area (Å²) in [6.45, 7) is 5.80. The molecule has 158 valence electrons. The molecule has 0 bridgehead atoms. The Bertz CT molecular complexity index is 1160. The molecule has 0 amide bonds. The van der Waals surface area contributed by atoms with Crippen LogP contribution >= 0.6 is 11.6 Å². The van der Waals surface area contributed by atoms with Gasteiger partial charge >= 0.3 is 0 Å². The Balaban J connectivity index is 1.78. The van der Waals surface area contributed by atoms with E-state index < -0.39 is 16.6 Å². The number of aromatic nitrogens is 2. The monoisotopic (exact) mass is 431 g/mol. The van der Waals surface area contributed by atoms with E-state index in [2.05, 4.69) is 4.98 Å². The molecule has 9 heteroatoms. The number of hydrogen-bond acceptors (Lipinski definition) is 6. The molecular weight excluding hydrogens is 410 g/mol. The maximum atomic E-state index is 12.7. The van der Waals surface area contributed by atoms with Crippen LogP contribution < -0.4 is 10.3 Å². The molecule has 3 aromatic rings. The van der Waals surface area contributed by atoms with Crippen molar-refractivity contribution in [2.24, 2.45) is 0 Å². The Hall–Kier alpha value is -2.97. The highest BCUT2D eigenvalue weighted by molar-refractivity contribution is 6.31. The summed E-state index contributed by atoms with van der Waals surface area (Å²) in [5, 5.41) is 22.1. The van der Waals surface area contributed by atoms with Crippen LogP contribution in [0.15, 0.2) is 41.5 Å². The van der Waals surface area contributed by atoms with Crippen LogP contribution in [0, 0.1) is 17.0 Å². The van der Waals surface area contributed by atoms with Crippen molar-refractivity contribution < 1.29 is 14.8 Å². The van der Waals surface area contributed by atoms with E-state index in [1.54, 1.807) is 0 Å². The average Bonchev–Trinajstić information content (AvgIpc) is 2.70. The number of benzene rings is 2. The summed E-state index contributed by atoms with van der Waals surface area (Å²) in [6, 6.07) is 7.59. The van der Waals surface area contributed by atoms with Crippen LogP contribution in [-0.4, -0.2) is 32.3 Å². The number of aliphatic hydroxyl groups is 1. The van der Waals surface area contributed by atoms with Crippen LogP contribution in [-0.2, 0) is 6.54 Å². The van der Waals surface area contributed by atoms with Crippen molar-refractivity contribution in [1.29, 1.82) is 0 Å². The number of halogens is 1. The maximum Gasteiger partial charge on any atom is 0.270 e. The lowest BCUT2D eigenvalue weighted by atomic mass is 10.0. The fourth-order valence-electron chi connectivity index (χ4n) is 3.10. The highest BCUT2D eigenvalue weighted by Crippen LogP contribution is 2.32. The number of hydrogen-bond donors (Lipinski definition) is 1. The Morgan fingerprint density at radius 3 is 2.70 bits per heavy atom. The zero-order valence-electron chi connectivity index (χ0n) is 16.8. The number of ether oxygens (including phenoxy) is 1. The molecule has 0 aliphatic carbocycles. The van der Waals surface area contributed by atoms with Gasteiger partial charge in [-0.25, -0.2) is 4.98 Å². The number of nitro groups is 1. The van der Waals surface area contributed by atoms with Gasteiger partial charge in [0.1, 0.15) is 18.5 Å². The molecule has 0 radical (unpaired) electrons. The smallest absolute Gasteiger partial charge is 0.270 e. The Morgan fingerprint density at radius 1 is 1.30 bits per heavy atom. The van der Waals surface area contributed by atoms with Crippen LogP contribution in [0.3, 0.4) is 0 Å². The van der Waals surface area contributed by atoms with Gasteiger partial charge in [0.25, 0.3) is 11.2 Å². The molecule has 1 atom stereocenters. The topological polar surface area (TPSA) is 107 Å². The maximum absolute atomic E-state index is 12.7.